The maximum Gasteiger partial charge on any atom is 0.0597 e. The minimum Gasteiger partial charge on any atom is -0.310 e. The molecule has 96 valence electrons. The normalized spacial score (nSPS) is 10.8. The number of aryl methyl sites for hydroxylation is 2. The molecule has 0 radical (unpaired) electrons. The highest BCUT2D eigenvalue weighted by Gasteiger charge is 2.00. The van der Waals surface area contributed by atoms with Gasteiger partial charge in [-0.15, -0.1) is 11.8 Å². The third-order valence-electron chi connectivity index (χ3n) is 2.70. The van der Waals surface area contributed by atoms with Gasteiger partial charge in [-0.3, -0.25) is 4.68 Å². The van der Waals surface area contributed by atoms with Crippen molar-refractivity contribution in [2.24, 2.45) is 7.05 Å². The van der Waals surface area contributed by atoms with Crippen molar-refractivity contribution in [3.8, 4) is 0 Å². The van der Waals surface area contributed by atoms with Crippen LogP contribution in [0.3, 0.4) is 0 Å². The Morgan fingerprint density at radius 2 is 2.06 bits per heavy atom. The largest absolute Gasteiger partial charge is 0.310 e. The van der Waals surface area contributed by atoms with Gasteiger partial charge in [-0.2, -0.15) is 5.10 Å². The molecule has 4 heteroatoms. The lowest BCUT2D eigenvalue weighted by atomic mass is 10.3. The van der Waals surface area contributed by atoms with Gasteiger partial charge in [-0.25, -0.2) is 0 Å². The molecule has 0 saturated heterocycles. The molecule has 1 aromatic carbocycles. The summed E-state index contributed by atoms with van der Waals surface area (Å²) >= 11 is 1.88. The number of nitrogens with zero attached hydrogens (tertiary/aromatic N) is 2. The van der Waals surface area contributed by atoms with Crippen LogP contribution in [0.15, 0.2) is 41.3 Å². The van der Waals surface area contributed by atoms with Crippen LogP contribution >= 0.6 is 11.8 Å². The molecule has 2 aromatic rings. The molecule has 0 amide bonds. The van der Waals surface area contributed by atoms with Crippen LogP contribution in [-0.4, -0.2) is 22.1 Å². The van der Waals surface area contributed by atoms with Gasteiger partial charge >= 0.3 is 0 Å². The Hall–Kier alpha value is -1.26. The summed E-state index contributed by atoms with van der Waals surface area (Å²) in [6.45, 7) is 3.91. The molecule has 0 aliphatic carbocycles. The van der Waals surface area contributed by atoms with Crippen LogP contribution in [-0.2, 0) is 13.6 Å². The lowest BCUT2D eigenvalue weighted by Crippen LogP contribution is -2.18. The van der Waals surface area contributed by atoms with Crippen molar-refractivity contribution in [3.63, 3.8) is 0 Å². The van der Waals surface area contributed by atoms with E-state index in [1.807, 2.05) is 36.5 Å². The van der Waals surface area contributed by atoms with Crippen molar-refractivity contribution in [1.82, 2.24) is 15.1 Å². The second-order valence-corrected chi connectivity index (χ2v) is 5.41. The van der Waals surface area contributed by atoms with Gasteiger partial charge in [0.15, 0.2) is 0 Å². The lowest BCUT2D eigenvalue weighted by Gasteiger charge is -2.05. The van der Waals surface area contributed by atoms with Crippen molar-refractivity contribution >= 4 is 11.8 Å². The van der Waals surface area contributed by atoms with E-state index in [9.17, 15) is 0 Å². The molecule has 1 N–H and O–H groups in total. The topological polar surface area (TPSA) is 29.9 Å². The average molecular weight is 261 g/mol. The third kappa shape index (κ3) is 3.89. The van der Waals surface area contributed by atoms with Crippen molar-refractivity contribution in [3.05, 3.63) is 47.8 Å². The number of aromatic nitrogens is 2. The fourth-order valence-corrected chi connectivity index (χ4v) is 2.64. The molecule has 3 nitrogen and oxygen atoms in total. The smallest absolute Gasteiger partial charge is 0.0597 e. The molecule has 18 heavy (non-hydrogen) atoms. The van der Waals surface area contributed by atoms with Crippen LogP contribution in [0.25, 0.3) is 0 Å². The fraction of sp³-hybridized carbons (Fsp3) is 0.357. The molecule has 0 atom stereocenters. The summed E-state index contributed by atoms with van der Waals surface area (Å²) in [7, 11) is 1.99. The van der Waals surface area contributed by atoms with Gasteiger partial charge in [0.05, 0.1) is 11.4 Å². The second-order valence-electron chi connectivity index (χ2n) is 4.24. The van der Waals surface area contributed by atoms with Crippen LogP contribution in [0.4, 0.5) is 0 Å². The van der Waals surface area contributed by atoms with E-state index < -0.39 is 0 Å². The first-order valence-corrected chi connectivity index (χ1v) is 7.12. The van der Waals surface area contributed by atoms with Crippen molar-refractivity contribution < 1.29 is 0 Å². The standard InChI is InChI=1S/C14H19N3S/c1-12-10-13(17(2)16-12)11-15-8-9-18-14-6-4-3-5-7-14/h3-7,10,15H,8-9,11H2,1-2H3. The van der Waals surface area contributed by atoms with Crippen LogP contribution < -0.4 is 5.32 Å². The number of hydrogen-bond donors (Lipinski definition) is 1. The van der Waals surface area contributed by atoms with E-state index in [1.165, 1.54) is 10.6 Å². The molecule has 0 saturated carbocycles. The van der Waals surface area contributed by atoms with E-state index in [-0.39, 0.29) is 0 Å². The van der Waals surface area contributed by atoms with E-state index in [4.69, 9.17) is 0 Å². The number of benzene rings is 1. The Kier molecular flexibility index (Phi) is 4.84. The van der Waals surface area contributed by atoms with Gasteiger partial charge in [-0.05, 0) is 25.1 Å². The Bertz CT molecular complexity index is 479. The van der Waals surface area contributed by atoms with Gasteiger partial charge in [0, 0.05) is 30.8 Å². The average Bonchev–Trinajstić information content (AvgIpc) is 2.69. The number of nitrogens with one attached hydrogen (secondary N) is 1. The van der Waals surface area contributed by atoms with E-state index in [2.05, 4.69) is 40.7 Å². The molecule has 0 bridgehead atoms. The highest BCUT2D eigenvalue weighted by Crippen LogP contribution is 2.15. The Morgan fingerprint density at radius 3 is 2.72 bits per heavy atom. The maximum absolute atomic E-state index is 4.33. The first-order valence-electron chi connectivity index (χ1n) is 6.14. The van der Waals surface area contributed by atoms with Crippen LogP contribution in [0.1, 0.15) is 11.4 Å². The quantitative estimate of drug-likeness (QED) is 0.640. The Morgan fingerprint density at radius 1 is 1.28 bits per heavy atom. The highest BCUT2D eigenvalue weighted by atomic mass is 32.2. The summed E-state index contributed by atoms with van der Waals surface area (Å²) in [5.74, 6) is 1.08. The first-order chi connectivity index (χ1) is 8.75. The van der Waals surface area contributed by atoms with Crippen LogP contribution in [0.5, 0.6) is 0 Å². The monoisotopic (exact) mass is 261 g/mol. The minimum atomic E-state index is 0.882. The molecule has 0 spiro atoms. The summed E-state index contributed by atoms with van der Waals surface area (Å²) in [5, 5.41) is 7.77. The zero-order valence-corrected chi connectivity index (χ0v) is 11.7. The van der Waals surface area contributed by atoms with Crippen molar-refractivity contribution in [2.75, 3.05) is 12.3 Å². The summed E-state index contributed by atoms with van der Waals surface area (Å²) in [5.41, 5.74) is 2.31. The highest BCUT2D eigenvalue weighted by molar-refractivity contribution is 7.99. The molecule has 1 heterocycles. The molecular formula is C14H19N3S. The maximum atomic E-state index is 4.33. The van der Waals surface area contributed by atoms with E-state index in [0.29, 0.717) is 0 Å². The molecule has 1 aromatic heterocycles. The fourth-order valence-electron chi connectivity index (χ4n) is 1.80. The second kappa shape index (κ2) is 6.61. The third-order valence-corrected chi connectivity index (χ3v) is 3.71. The van der Waals surface area contributed by atoms with Gasteiger partial charge in [0.1, 0.15) is 0 Å². The van der Waals surface area contributed by atoms with Crippen molar-refractivity contribution in [2.45, 2.75) is 18.4 Å². The summed E-state index contributed by atoms with van der Waals surface area (Å²) in [4.78, 5) is 1.33. The SMILES string of the molecule is Cc1cc(CNCCSc2ccccc2)n(C)n1. The molecule has 0 fully saturated rings. The zero-order valence-electron chi connectivity index (χ0n) is 10.9. The molecular weight excluding hydrogens is 242 g/mol. The van der Waals surface area contributed by atoms with Gasteiger partial charge in [0.2, 0.25) is 0 Å². The minimum absolute atomic E-state index is 0.882. The molecule has 0 aliphatic rings. The number of thioether (sulfide) groups is 1. The lowest BCUT2D eigenvalue weighted by molar-refractivity contribution is 0.643. The van der Waals surface area contributed by atoms with Gasteiger partial charge < -0.3 is 5.32 Å². The van der Waals surface area contributed by atoms with Crippen LogP contribution in [0, 0.1) is 6.92 Å². The molecule has 0 unspecified atom stereocenters. The predicted molar refractivity (Wildman–Crippen MR) is 76.8 cm³/mol. The van der Waals surface area contributed by atoms with Gasteiger partial charge in [-0.1, -0.05) is 18.2 Å². The number of rotatable bonds is 6. The number of hydrogen-bond acceptors (Lipinski definition) is 3. The van der Waals surface area contributed by atoms with Crippen molar-refractivity contribution in [1.29, 1.82) is 0 Å². The Balaban J connectivity index is 1.66. The predicted octanol–water partition coefficient (Wildman–Crippen LogP) is 2.61. The van der Waals surface area contributed by atoms with E-state index in [1.54, 1.807) is 0 Å². The Labute approximate surface area is 113 Å². The summed E-state index contributed by atoms with van der Waals surface area (Å²) < 4.78 is 1.94. The summed E-state index contributed by atoms with van der Waals surface area (Å²) in [6, 6.07) is 12.6. The summed E-state index contributed by atoms with van der Waals surface area (Å²) in [6.07, 6.45) is 0. The molecule has 0 aliphatic heterocycles. The van der Waals surface area contributed by atoms with E-state index >= 15 is 0 Å². The molecule has 2 rings (SSSR count). The zero-order chi connectivity index (χ0) is 12.8. The van der Waals surface area contributed by atoms with Gasteiger partial charge in [0.25, 0.3) is 0 Å². The van der Waals surface area contributed by atoms with Crippen LogP contribution in [0.2, 0.25) is 0 Å². The van der Waals surface area contributed by atoms with E-state index in [0.717, 1.165) is 24.5 Å². The first kappa shape index (κ1) is 13.2.